The van der Waals surface area contributed by atoms with Crippen LogP contribution in [0.5, 0.6) is 5.75 Å². The fourth-order valence-corrected chi connectivity index (χ4v) is 1.82. The standard InChI is InChI=1S/C12H19NO3S/c1-4-9-16-12-7-5-11(6-8-12)13-17(14,15)10(2)3/h5-8,10,13H,4,9H2,1-3H3. The minimum absolute atomic E-state index is 0.446. The highest BCUT2D eigenvalue weighted by atomic mass is 32.2. The zero-order chi connectivity index (χ0) is 12.9. The second kappa shape index (κ2) is 5.91. The van der Waals surface area contributed by atoms with E-state index in [1.807, 2.05) is 6.92 Å². The minimum Gasteiger partial charge on any atom is -0.494 e. The Balaban J connectivity index is 2.69. The van der Waals surface area contributed by atoms with Crippen LogP contribution in [0, 0.1) is 0 Å². The number of sulfonamides is 1. The lowest BCUT2D eigenvalue weighted by Gasteiger charge is -2.11. The van der Waals surface area contributed by atoms with Gasteiger partial charge in [0.05, 0.1) is 11.9 Å². The van der Waals surface area contributed by atoms with Crippen LogP contribution in [-0.4, -0.2) is 20.3 Å². The van der Waals surface area contributed by atoms with Gasteiger partial charge in [-0.15, -0.1) is 0 Å². The van der Waals surface area contributed by atoms with Crippen LogP contribution in [0.1, 0.15) is 27.2 Å². The Kier molecular flexibility index (Phi) is 4.81. The lowest BCUT2D eigenvalue weighted by molar-refractivity contribution is 0.317. The number of benzene rings is 1. The zero-order valence-electron chi connectivity index (χ0n) is 10.4. The predicted molar refractivity (Wildman–Crippen MR) is 69.9 cm³/mol. The number of rotatable bonds is 6. The topological polar surface area (TPSA) is 55.4 Å². The van der Waals surface area contributed by atoms with Crippen LogP contribution in [0.2, 0.25) is 0 Å². The van der Waals surface area contributed by atoms with Crippen molar-refractivity contribution < 1.29 is 13.2 Å². The van der Waals surface area contributed by atoms with E-state index in [9.17, 15) is 8.42 Å². The highest BCUT2D eigenvalue weighted by Gasteiger charge is 2.15. The van der Waals surface area contributed by atoms with Gasteiger partial charge in [0.25, 0.3) is 0 Å². The summed E-state index contributed by atoms with van der Waals surface area (Å²) in [7, 11) is -3.27. The number of nitrogens with one attached hydrogen (secondary N) is 1. The van der Waals surface area contributed by atoms with E-state index in [4.69, 9.17) is 4.74 Å². The molecule has 0 bridgehead atoms. The van der Waals surface area contributed by atoms with E-state index in [0.29, 0.717) is 12.3 Å². The van der Waals surface area contributed by atoms with Crippen LogP contribution < -0.4 is 9.46 Å². The Morgan fingerprint density at radius 2 is 1.82 bits per heavy atom. The molecular weight excluding hydrogens is 238 g/mol. The molecule has 1 aromatic carbocycles. The summed E-state index contributed by atoms with van der Waals surface area (Å²) < 4.78 is 31.2. The SMILES string of the molecule is CCCOc1ccc(NS(=O)(=O)C(C)C)cc1. The van der Waals surface area contributed by atoms with E-state index in [1.54, 1.807) is 38.1 Å². The van der Waals surface area contributed by atoms with Crippen LogP contribution in [0.25, 0.3) is 0 Å². The van der Waals surface area contributed by atoms with Crippen LogP contribution >= 0.6 is 0 Å². The van der Waals surface area contributed by atoms with Crippen molar-refractivity contribution in [3.05, 3.63) is 24.3 Å². The second-order valence-corrected chi connectivity index (χ2v) is 6.31. The Morgan fingerprint density at radius 3 is 2.29 bits per heavy atom. The van der Waals surface area contributed by atoms with Crippen LogP contribution in [-0.2, 0) is 10.0 Å². The molecule has 0 spiro atoms. The largest absolute Gasteiger partial charge is 0.494 e. The number of ether oxygens (including phenoxy) is 1. The molecule has 0 saturated carbocycles. The summed E-state index contributed by atoms with van der Waals surface area (Å²) in [6.45, 7) is 5.98. The molecule has 0 radical (unpaired) electrons. The van der Waals surface area contributed by atoms with Crippen molar-refractivity contribution in [3.63, 3.8) is 0 Å². The smallest absolute Gasteiger partial charge is 0.235 e. The van der Waals surface area contributed by atoms with E-state index in [0.717, 1.165) is 12.2 Å². The molecule has 0 aliphatic carbocycles. The van der Waals surface area contributed by atoms with E-state index < -0.39 is 15.3 Å². The molecule has 1 N–H and O–H groups in total. The third-order valence-corrected chi connectivity index (χ3v) is 3.97. The zero-order valence-corrected chi connectivity index (χ0v) is 11.3. The maximum atomic E-state index is 11.6. The first kappa shape index (κ1) is 13.8. The van der Waals surface area contributed by atoms with Gasteiger partial charge in [-0.25, -0.2) is 8.42 Å². The molecule has 17 heavy (non-hydrogen) atoms. The summed E-state index contributed by atoms with van der Waals surface area (Å²) in [5, 5.41) is -0.446. The Hall–Kier alpha value is -1.23. The van der Waals surface area contributed by atoms with Crippen LogP contribution in [0.3, 0.4) is 0 Å². The van der Waals surface area contributed by atoms with Gasteiger partial charge < -0.3 is 4.74 Å². The molecule has 0 unspecified atom stereocenters. The van der Waals surface area contributed by atoms with Crippen molar-refractivity contribution in [2.45, 2.75) is 32.4 Å². The molecule has 4 nitrogen and oxygen atoms in total. The Labute approximate surface area is 103 Å². The lowest BCUT2D eigenvalue weighted by atomic mass is 10.3. The van der Waals surface area contributed by atoms with Gasteiger partial charge in [-0.1, -0.05) is 6.92 Å². The van der Waals surface area contributed by atoms with Crippen molar-refractivity contribution in [2.75, 3.05) is 11.3 Å². The minimum atomic E-state index is -3.27. The van der Waals surface area contributed by atoms with E-state index in [2.05, 4.69) is 4.72 Å². The third-order valence-electron chi connectivity index (χ3n) is 2.21. The monoisotopic (exact) mass is 257 g/mol. The first-order chi connectivity index (χ1) is 7.95. The van der Waals surface area contributed by atoms with Gasteiger partial charge in [-0.3, -0.25) is 4.72 Å². The molecule has 0 aliphatic rings. The molecular formula is C12H19NO3S. The predicted octanol–water partition coefficient (Wildman–Crippen LogP) is 2.63. The van der Waals surface area contributed by atoms with E-state index >= 15 is 0 Å². The summed E-state index contributed by atoms with van der Waals surface area (Å²) in [6.07, 6.45) is 0.946. The molecule has 0 aromatic heterocycles. The van der Waals surface area contributed by atoms with Gasteiger partial charge in [0.15, 0.2) is 0 Å². The summed E-state index contributed by atoms with van der Waals surface area (Å²) in [6, 6.07) is 6.91. The molecule has 0 fully saturated rings. The molecule has 5 heteroatoms. The summed E-state index contributed by atoms with van der Waals surface area (Å²) in [5.41, 5.74) is 0.558. The number of hydrogen-bond donors (Lipinski definition) is 1. The highest BCUT2D eigenvalue weighted by Crippen LogP contribution is 2.17. The van der Waals surface area contributed by atoms with E-state index in [1.165, 1.54) is 0 Å². The Bertz CT molecular complexity index is 437. The normalized spacial score (nSPS) is 11.5. The van der Waals surface area contributed by atoms with Gasteiger partial charge >= 0.3 is 0 Å². The fourth-order valence-electron chi connectivity index (χ4n) is 1.12. The molecule has 96 valence electrons. The fraction of sp³-hybridized carbons (Fsp3) is 0.500. The van der Waals surface area contributed by atoms with Gasteiger partial charge in [0, 0.05) is 5.69 Å². The molecule has 0 amide bonds. The molecule has 0 saturated heterocycles. The first-order valence-electron chi connectivity index (χ1n) is 5.70. The highest BCUT2D eigenvalue weighted by molar-refractivity contribution is 7.93. The van der Waals surface area contributed by atoms with Gasteiger partial charge in [-0.05, 0) is 44.5 Å². The first-order valence-corrected chi connectivity index (χ1v) is 7.25. The quantitative estimate of drug-likeness (QED) is 0.852. The molecule has 0 atom stereocenters. The summed E-state index contributed by atoms with van der Waals surface area (Å²) in [5.74, 6) is 0.749. The molecule has 1 rings (SSSR count). The van der Waals surface area contributed by atoms with Gasteiger partial charge in [0.1, 0.15) is 5.75 Å². The van der Waals surface area contributed by atoms with Crippen molar-refractivity contribution in [3.8, 4) is 5.75 Å². The summed E-state index contributed by atoms with van der Waals surface area (Å²) >= 11 is 0. The maximum Gasteiger partial charge on any atom is 0.235 e. The molecule has 0 aliphatic heterocycles. The second-order valence-electron chi connectivity index (χ2n) is 4.07. The van der Waals surface area contributed by atoms with Crippen LogP contribution in [0.4, 0.5) is 5.69 Å². The molecule has 0 heterocycles. The number of hydrogen-bond acceptors (Lipinski definition) is 3. The van der Waals surface area contributed by atoms with Crippen molar-refractivity contribution in [2.24, 2.45) is 0 Å². The molecule has 1 aromatic rings. The van der Waals surface area contributed by atoms with E-state index in [-0.39, 0.29) is 0 Å². The van der Waals surface area contributed by atoms with Crippen molar-refractivity contribution in [1.29, 1.82) is 0 Å². The average Bonchev–Trinajstić information content (AvgIpc) is 2.27. The van der Waals surface area contributed by atoms with Crippen molar-refractivity contribution >= 4 is 15.7 Å². The van der Waals surface area contributed by atoms with Crippen LogP contribution in [0.15, 0.2) is 24.3 Å². The summed E-state index contributed by atoms with van der Waals surface area (Å²) in [4.78, 5) is 0. The Morgan fingerprint density at radius 1 is 1.24 bits per heavy atom. The van der Waals surface area contributed by atoms with Gasteiger partial charge in [0.2, 0.25) is 10.0 Å². The lowest BCUT2D eigenvalue weighted by Crippen LogP contribution is -2.22. The van der Waals surface area contributed by atoms with Crippen molar-refractivity contribution in [1.82, 2.24) is 0 Å². The maximum absolute atomic E-state index is 11.6. The average molecular weight is 257 g/mol. The number of anilines is 1. The van der Waals surface area contributed by atoms with Gasteiger partial charge in [-0.2, -0.15) is 0 Å². The third kappa shape index (κ3) is 4.26.